The zero-order valence-corrected chi connectivity index (χ0v) is 12.1. The fourth-order valence-electron chi connectivity index (χ4n) is 2.24. The normalized spacial score (nSPS) is 12.7. The van der Waals surface area contributed by atoms with Crippen LogP contribution in [0.1, 0.15) is 13.8 Å². The molecule has 6 heteroatoms. The summed E-state index contributed by atoms with van der Waals surface area (Å²) in [6.07, 6.45) is 0. The van der Waals surface area contributed by atoms with Gasteiger partial charge >= 0.3 is 0 Å². The highest BCUT2D eigenvalue weighted by Crippen LogP contribution is 2.27. The quantitative estimate of drug-likeness (QED) is 0.691. The summed E-state index contributed by atoms with van der Waals surface area (Å²) < 4.78 is 2.13. The fraction of sp³-hybridized carbons (Fsp3) is 0.286. The molecule has 0 saturated carbocycles. The Hall–Kier alpha value is -2.13. The van der Waals surface area contributed by atoms with Crippen LogP contribution in [0, 0.1) is 11.3 Å². The van der Waals surface area contributed by atoms with E-state index >= 15 is 0 Å². The molecule has 100 valence electrons. The summed E-state index contributed by atoms with van der Waals surface area (Å²) in [6.45, 7) is 4.73. The van der Waals surface area contributed by atoms with Crippen LogP contribution in [0.2, 0.25) is 0 Å². The Kier molecular flexibility index (Phi) is 3.28. The fourth-order valence-corrected chi connectivity index (χ4v) is 2.84. The highest BCUT2D eigenvalue weighted by atomic mass is 32.2. The number of hydrogen-bond donors (Lipinski definition) is 0. The topological polar surface area (TPSA) is 67.4 Å². The first-order valence-electron chi connectivity index (χ1n) is 6.42. The van der Waals surface area contributed by atoms with Crippen LogP contribution in [0.3, 0.4) is 0 Å². The molecule has 0 aliphatic rings. The van der Waals surface area contributed by atoms with Crippen molar-refractivity contribution in [2.45, 2.75) is 30.8 Å². The van der Waals surface area contributed by atoms with E-state index in [0.29, 0.717) is 5.16 Å². The van der Waals surface area contributed by atoms with E-state index in [1.54, 1.807) is 0 Å². The number of aromatic nitrogens is 4. The van der Waals surface area contributed by atoms with Gasteiger partial charge in [0.1, 0.15) is 5.52 Å². The maximum absolute atomic E-state index is 8.87. The van der Waals surface area contributed by atoms with Gasteiger partial charge in [0.25, 0.3) is 0 Å². The number of hydrogen-bond acceptors (Lipinski definition) is 5. The van der Waals surface area contributed by atoms with Crippen LogP contribution in [-0.4, -0.2) is 25.0 Å². The molecular formula is C14H13N5S. The molecular weight excluding hydrogens is 270 g/mol. The van der Waals surface area contributed by atoms with Crippen LogP contribution >= 0.6 is 11.8 Å². The maximum Gasteiger partial charge on any atom is 0.212 e. The maximum atomic E-state index is 8.87. The Bertz CT molecular complexity index is 817. The molecule has 2 heterocycles. The minimum absolute atomic E-state index is 0.186. The summed E-state index contributed by atoms with van der Waals surface area (Å²) in [7, 11) is 0. The summed E-state index contributed by atoms with van der Waals surface area (Å²) in [6, 6.07) is 10.3. The minimum Gasteiger partial charge on any atom is -0.324 e. The Morgan fingerprint density at radius 1 is 1.35 bits per heavy atom. The summed E-state index contributed by atoms with van der Waals surface area (Å²) in [5.74, 6) is 0. The number of benzene rings is 1. The minimum atomic E-state index is -0.186. The molecule has 0 bridgehead atoms. The van der Waals surface area contributed by atoms with Crippen molar-refractivity contribution < 1.29 is 0 Å². The van der Waals surface area contributed by atoms with Crippen molar-refractivity contribution in [1.29, 1.82) is 5.26 Å². The first-order valence-corrected chi connectivity index (χ1v) is 7.30. The molecule has 3 rings (SSSR count). The van der Waals surface area contributed by atoms with Crippen molar-refractivity contribution in [2.24, 2.45) is 0 Å². The number of para-hydroxylation sites is 1. The van der Waals surface area contributed by atoms with Crippen LogP contribution in [0.25, 0.3) is 22.1 Å². The lowest BCUT2D eigenvalue weighted by Crippen LogP contribution is -2.00. The molecule has 0 aliphatic heterocycles. The molecule has 0 spiro atoms. The second-order valence-corrected chi connectivity index (χ2v) is 5.73. The molecule has 1 aromatic carbocycles. The summed E-state index contributed by atoms with van der Waals surface area (Å²) in [5, 5.41) is 18.7. The van der Waals surface area contributed by atoms with Gasteiger partial charge in [-0.05, 0) is 19.9 Å². The lowest BCUT2D eigenvalue weighted by molar-refractivity contribution is 0.789. The zero-order valence-electron chi connectivity index (χ0n) is 11.2. The van der Waals surface area contributed by atoms with E-state index in [4.69, 9.17) is 5.26 Å². The lowest BCUT2D eigenvalue weighted by atomic mass is 10.2. The Balaban J connectivity index is 2.23. The standard InChI is InChI=1S/C14H13N5S/c1-3-19-11-7-5-4-6-10(11)12-13(19)16-14(18-17-12)20-9(2)8-15/h4-7,9H,3H2,1-2H3/t9-/m0/s1. The largest absolute Gasteiger partial charge is 0.324 e. The van der Waals surface area contributed by atoms with E-state index in [2.05, 4.69) is 38.8 Å². The van der Waals surface area contributed by atoms with E-state index in [9.17, 15) is 0 Å². The molecule has 5 nitrogen and oxygen atoms in total. The smallest absolute Gasteiger partial charge is 0.212 e. The first kappa shape index (κ1) is 12.9. The predicted octanol–water partition coefficient (Wildman–Crippen LogP) is 3.00. The van der Waals surface area contributed by atoms with Crippen molar-refractivity contribution in [3.8, 4) is 6.07 Å². The Morgan fingerprint density at radius 3 is 2.90 bits per heavy atom. The SMILES string of the molecule is CCn1c2ccccc2c2nnc(S[C@@H](C)C#N)nc21. The molecule has 0 fully saturated rings. The predicted molar refractivity (Wildman–Crippen MR) is 79.4 cm³/mol. The number of thioether (sulfide) groups is 1. The van der Waals surface area contributed by atoms with E-state index in [1.807, 2.05) is 25.1 Å². The number of fused-ring (bicyclic) bond motifs is 3. The molecule has 0 unspecified atom stereocenters. The average molecular weight is 283 g/mol. The van der Waals surface area contributed by atoms with E-state index < -0.39 is 0 Å². The van der Waals surface area contributed by atoms with Crippen molar-refractivity contribution in [3.63, 3.8) is 0 Å². The number of rotatable bonds is 3. The van der Waals surface area contributed by atoms with Crippen LogP contribution < -0.4 is 0 Å². The van der Waals surface area contributed by atoms with Gasteiger partial charge in [0.05, 0.1) is 16.8 Å². The highest BCUT2D eigenvalue weighted by molar-refractivity contribution is 8.00. The molecule has 3 aromatic rings. The van der Waals surface area contributed by atoms with Crippen molar-refractivity contribution in [2.75, 3.05) is 0 Å². The van der Waals surface area contributed by atoms with Crippen LogP contribution in [0.4, 0.5) is 0 Å². The molecule has 0 saturated heterocycles. The van der Waals surface area contributed by atoms with Crippen molar-refractivity contribution >= 4 is 33.8 Å². The molecule has 0 radical (unpaired) electrons. The van der Waals surface area contributed by atoms with Gasteiger partial charge in [-0.1, -0.05) is 30.0 Å². The second-order valence-electron chi connectivity index (χ2n) is 4.42. The van der Waals surface area contributed by atoms with Gasteiger partial charge in [0.15, 0.2) is 5.65 Å². The van der Waals surface area contributed by atoms with Crippen LogP contribution in [-0.2, 0) is 6.54 Å². The van der Waals surface area contributed by atoms with Crippen LogP contribution in [0.5, 0.6) is 0 Å². The lowest BCUT2D eigenvalue weighted by Gasteiger charge is -2.03. The van der Waals surface area contributed by atoms with Crippen molar-refractivity contribution in [1.82, 2.24) is 19.7 Å². The summed E-state index contributed by atoms with van der Waals surface area (Å²) in [5.41, 5.74) is 2.76. The molecule has 0 aliphatic carbocycles. The Morgan fingerprint density at radius 2 is 2.15 bits per heavy atom. The molecule has 20 heavy (non-hydrogen) atoms. The summed E-state index contributed by atoms with van der Waals surface area (Å²) in [4.78, 5) is 4.57. The van der Waals surface area contributed by atoms with Gasteiger partial charge in [-0.2, -0.15) is 5.26 Å². The van der Waals surface area contributed by atoms with E-state index in [0.717, 1.165) is 28.6 Å². The number of nitrogens with zero attached hydrogens (tertiary/aromatic N) is 5. The van der Waals surface area contributed by atoms with E-state index in [1.165, 1.54) is 11.8 Å². The first-order chi connectivity index (χ1) is 9.74. The molecule has 1 atom stereocenters. The molecule has 0 amide bonds. The second kappa shape index (κ2) is 5.10. The van der Waals surface area contributed by atoms with Crippen molar-refractivity contribution in [3.05, 3.63) is 24.3 Å². The van der Waals surface area contributed by atoms with Gasteiger partial charge in [0, 0.05) is 11.9 Å². The zero-order chi connectivity index (χ0) is 14.1. The third-order valence-corrected chi connectivity index (χ3v) is 3.98. The molecule has 0 N–H and O–H groups in total. The third-order valence-electron chi connectivity index (χ3n) is 3.13. The highest BCUT2D eigenvalue weighted by Gasteiger charge is 2.14. The van der Waals surface area contributed by atoms with Gasteiger partial charge in [0.2, 0.25) is 5.16 Å². The Labute approximate surface area is 120 Å². The monoisotopic (exact) mass is 283 g/mol. The van der Waals surface area contributed by atoms with Gasteiger partial charge in [-0.25, -0.2) is 4.98 Å². The average Bonchev–Trinajstić information content (AvgIpc) is 2.80. The van der Waals surface area contributed by atoms with Gasteiger partial charge < -0.3 is 4.57 Å². The number of nitriles is 1. The summed E-state index contributed by atoms with van der Waals surface area (Å²) >= 11 is 1.33. The number of aryl methyl sites for hydroxylation is 1. The van der Waals surface area contributed by atoms with Gasteiger partial charge in [-0.15, -0.1) is 10.2 Å². The van der Waals surface area contributed by atoms with E-state index in [-0.39, 0.29) is 5.25 Å². The molecule has 2 aromatic heterocycles. The van der Waals surface area contributed by atoms with Gasteiger partial charge in [-0.3, -0.25) is 0 Å². The van der Waals surface area contributed by atoms with Crippen LogP contribution in [0.15, 0.2) is 29.4 Å². The third kappa shape index (κ3) is 2.00.